The van der Waals surface area contributed by atoms with Crippen LogP contribution in [0.4, 0.5) is 15.4 Å². The number of imide groups is 2. The molecule has 8 amide bonds. The normalized spacial score (nSPS) is 21.2. The Morgan fingerprint density at radius 3 is 1.63 bits per heavy atom. The van der Waals surface area contributed by atoms with Crippen LogP contribution < -0.4 is 41.0 Å². The van der Waals surface area contributed by atoms with E-state index in [1.165, 1.54) is 30.2 Å². The van der Waals surface area contributed by atoms with Crippen molar-refractivity contribution in [1.82, 2.24) is 46.4 Å². The zero-order valence-electron chi connectivity index (χ0n) is 34.8. The molecular weight excluding hydrogens is 864 g/mol. The standard InChI is InChI=1S/C24H24N6O5.C20H15ClN4O5/c1-34-15-3-2-14-12-30(21(31)16(14)10-15)13-24(22(32)27-23(33)28-24)19-11-17-18(35-19)4-5-26-20(17)29-8-6-25-7-9-29;1-29-11-3-2-10-8-25(17(26)12(10)6-11)9-20(18(27)23-19(28)24-20)15-7-13-14(30-15)4-5-22-16(13)21/h2-5,10-11,25H,6-9,12-13H2,1H3,(H2,27,28,32,33);2-7H,8-9H2,1H3,(H2,23,24,27,28)/t24-;20-/m00/s1. The van der Waals surface area contributed by atoms with Gasteiger partial charge >= 0.3 is 12.1 Å². The van der Waals surface area contributed by atoms with Gasteiger partial charge in [-0.15, -0.1) is 0 Å². The number of hydrogen-bond donors (Lipinski definition) is 5. The van der Waals surface area contributed by atoms with Crippen LogP contribution in [0.25, 0.3) is 21.9 Å². The van der Waals surface area contributed by atoms with E-state index in [1.807, 2.05) is 6.07 Å². The van der Waals surface area contributed by atoms with Gasteiger partial charge in [-0.25, -0.2) is 19.6 Å². The number of methoxy groups -OCH3 is 2. The van der Waals surface area contributed by atoms with E-state index in [0.29, 0.717) is 45.7 Å². The van der Waals surface area contributed by atoms with Gasteiger partial charge in [0.15, 0.2) is 11.1 Å². The molecule has 3 fully saturated rings. The number of halogens is 1. The van der Waals surface area contributed by atoms with Crippen molar-refractivity contribution in [2.24, 2.45) is 0 Å². The first-order valence-corrected chi connectivity index (χ1v) is 20.9. The molecule has 332 valence electrons. The number of anilines is 1. The third kappa shape index (κ3) is 6.97. The lowest BCUT2D eigenvalue weighted by molar-refractivity contribution is -0.126. The van der Waals surface area contributed by atoms with Gasteiger partial charge in [0, 0.05) is 62.8 Å². The first-order chi connectivity index (χ1) is 31.4. The fourth-order valence-corrected chi connectivity index (χ4v) is 9.10. The van der Waals surface area contributed by atoms with Gasteiger partial charge in [0.2, 0.25) is 0 Å². The number of aromatic nitrogens is 2. The lowest BCUT2D eigenvalue weighted by atomic mass is 9.95. The highest BCUT2D eigenvalue weighted by molar-refractivity contribution is 6.34. The molecule has 0 radical (unpaired) electrons. The largest absolute Gasteiger partial charge is 0.497 e. The fourth-order valence-electron chi connectivity index (χ4n) is 8.90. The number of ether oxygens (including phenoxy) is 2. The lowest BCUT2D eigenvalue weighted by Crippen LogP contribution is -2.52. The molecule has 5 aliphatic heterocycles. The Balaban J connectivity index is 0.000000155. The molecule has 5 N–H and O–H groups in total. The van der Waals surface area contributed by atoms with Crippen LogP contribution in [-0.2, 0) is 33.8 Å². The monoisotopic (exact) mass is 902 g/mol. The van der Waals surface area contributed by atoms with E-state index >= 15 is 0 Å². The Hall–Kier alpha value is -7.71. The van der Waals surface area contributed by atoms with Crippen LogP contribution in [0.15, 0.2) is 81.9 Å². The maximum atomic E-state index is 13.2. The molecule has 0 saturated carbocycles. The zero-order valence-corrected chi connectivity index (χ0v) is 35.5. The van der Waals surface area contributed by atoms with Gasteiger partial charge in [-0.2, -0.15) is 0 Å². The number of nitrogens with zero attached hydrogens (tertiary/aromatic N) is 5. The molecule has 0 bridgehead atoms. The van der Waals surface area contributed by atoms with Crippen molar-refractivity contribution < 1.29 is 47.1 Å². The van der Waals surface area contributed by atoms with Crippen molar-refractivity contribution >= 4 is 75.0 Å². The van der Waals surface area contributed by atoms with E-state index in [4.69, 9.17) is 29.9 Å². The number of amides is 8. The number of rotatable bonds is 9. The Morgan fingerprint density at radius 1 is 0.662 bits per heavy atom. The molecule has 11 rings (SSSR count). The number of hydrogen-bond acceptors (Lipinski definition) is 14. The predicted molar refractivity (Wildman–Crippen MR) is 230 cm³/mol. The molecule has 0 unspecified atom stereocenters. The lowest BCUT2D eigenvalue weighted by Gasteiger charge is -2.29. The van der Waals surface area contributed by atoms with Crippen molar-refractivity contribution in [1.29, 1.82) is 0 Å². The number of urea groups is 2. The number of pyridine rings is 2. The van der Waals surface area contributed by atoms with Gasteiger partial charge in [0.25, 0.3) is 23.6 Å². The molecule has 2 atom stereocenters. The highest BCUT2D eigenvalue weighted by Crippen LogP contribution is 2.39. The fraction of sp³-hybridized carbons (Fsp3) is 0.273. The number of carbonyl (C=O) groups excluding carboxylic acids is 6. The predicted octanol–water partition coefficient (Wildman–Crippen LogP) is 3.12. The summed E-state index contributed by atoms with van der Waals surface area (Å²) in [5, 5.41) is 14.7. The van der Waals surface area contributed by atoms with E-state index in [9.17, 15) is 28.8 Å². The second-order valence-electron chi connectivity index (χ2n) is 16.0. The molecule has 6 aromatic rings. The topological polar surface area (TPSA) is 243 Å². The number of nitrogens with one attached hydrogen (secondary N) is 5. The maximum absolute atomic E-state index is 13.2. The zero-order chi connectivity index (χ0) is 45.2. The molecular formula is C44H39ClN10O10. The Kier molecular flexibility index (Phi) is 10.1. The summed E-state index contributed by atoms with van der Waals surface area (Å²) in [6, 6.07) is 15.9. The van der Waals surface area contributed by atoms with E-state index in [0.717, 1.165) is 48.5 Å². The average molecular weight is 903 g/mol. The first-order valence-electron chi connectivity index (χ1n) is 20.5. The van der Waals surface area contributed by atoms with E-state index in [1.54, 1.807) is 60.8 Å². The number of benzene rings is 2. The molecule has 0 aliphatic carbocycles. The quantitative estimate of drug-likeness (QED) is 0.104. The minimum absolute atomic E-state index is 0.0867. The molecule has 65 heavy (non-hydrogen) atoms. The van der Waals surface area contributed by atoms with E-state index < -0.39 is 35.0 Å². The summed E-state index contributed by atoms with van der Waals surface area (Å²) >= 11 is 6.14. The number of fused-ring (bicyclic) bond motifs is 4. The van der Waals surface area contributed by atoms with Gasteiger partial charge in [0.05, 0.1) is 38.1 Å². The highest BCUT2D eigenvalue weighted by atomic mass is 35.5. The Labute approximate surface area is 373 Å². The highest BCUT2D eigenvalue weighted by Gasteiger charge is 2.54. The summed E-state index contributed by atoms with van der Waals surface area (Å²) in [5.74, 6) is 0.612. The second-order valence-corrected chi connectivity index (χ2v) is 16.4. The molecule has 3 saturated heterocycles. The van der Waals surface area contributed by atoms with Gasteiger partial charge in [-0.1, -0.05) is 23.7 Å². The van der Waals surface area contributed by atoms with Crippen molar-refractivity contribution in [2.75, 3.05) is 58.4 Å². The second kappa shape index (κ2) is 15.8. The van der Waals surface area contributed by atoms with Crippen molar-refractivity contribution in [3.8, 4) is 11.5 Å². The van der Waals surface area contributed by atoms with Crippen LogP contribution in [0.5, 0.6) is 11.5 Å². The molecule has 9 heterocycles. The number of furan rings is 2. The van der Waals surface area contributed by atoms with Crippen molar-refractivity contribution in [3.63, 3.8) is 0 Å². The molecule has 21 heteroatoms. The first kappa shape index (κ1) is 41.3. The molecule has 20 nitrogen and oxygen atoms in total. The molecule has 0 spiro atoms. The Morgan fingerprint density at radius 2 is 1.15 bits per heavy atom. The van der Waals surface area contributed by atoms with Gasteiger partial charge in [-0.3, -0.25) is 29.8 Å². The van der Waals surface area contributed by atoms with Gasteiger partial charge in [-0.05, 0) is 59.7 Å². The van der Waals surface area contributed by atoms with Crippen LogP contribution in [0.2, 0.25) is 5.15 Å². The smallest absolute Gasteiger partial charge is 0.322 e. The number of piperazine rings is 1. The van der Waals surface area contributed by atoms with Crippen LogP contribution >= 0.6 is 11.6 Å². The van der Waals surface area contributed by atoms with Crippen LogP contribution in [-0.4, -0.2) is 109 Å². The minimum atomic E-state index is -1.60. The number of carbonyl (C=O) groups is 6. The summed E-state index contributed by atoms with van der Waals surface area (Å²) in [6.07, 6.45) is 3.15. The van der Waals surface area contributed by atoms with Crippen LogP contribution in [0.3, 0.4) is 0 Å². The summed E-state index contributed by atoms with van der Waals surface area (Å²) < 4.78 is 22.5. The molecule has 4 aromatic heterocycles. The van der Waals surface area contributed by atoms with E-state index in [2.05, 4.69) is 41.5 Å². The van der Waals surface area contributed by atoms with Gasteiger partial charge in [0.1, 0.15) is 45.2 Å². The van der Waals surface area contributed by atoms with Crippen molar-refractivity contribution in [2.45, 2.75) is 24.2 Å². The minimum Gasteiger partial charge on any atom is -0.497 e. The molecule has 5 aliphatic rings. The SMILES string of the molecule is COc1ccc2c(c1)C(=O)N(C[C@@]1(c3cc4c(Cl)nccc4o3)NC(=O)NC1=O)C2.COc1ccc2c(c1)C(=O)N(C[C@@]1(c3cc4c(N5CCNCC5)nccc4o3)NC(=O)NC1=O)C2. The Bertz CT molecular complexity index is 3000. The summed E-state index contributed by atoms with van der Waals surface area (Å²) in [5.41, 5.74) is 0.435. The summed E-state index contributed by atoms with van der Waals surface area (Å²) in [7, 11) is 3.06. The van der Waals surface area contributed by atoms with Crippen molar-refractivity contribution in [3.05, 3.63) is 112 Å². The summed E-state index contributed by atoms with van der Waals surface area (Å²) in [6.45, 7) is 3.64. The third-order valence-corrected chi connectivity index (χ3v) is 12.5. The molecule has 2 aromatic carbocycles. The van der Waals surface area contributed by atoms with E-state index in [-0.39, 0.29) is 48.1 Å². The third-order valence-electron chi connectivity index (χ3n) is 12.2. The average Bonchev–Trinajstić information content (AvgIpc) is 4.16. The maximum Gasteiger partial charge on any atom is 0.322 e. The van der Waals surface area contributed by atoms with Gasteiger partial charge < -0.3 is 49.0 Å². The van der Waals surface area contributed by atoms with Crippen LogP contribution in [0, 0.1) is 0 Å². The van der Waals surface area contributed by atoms with Crippen LogP contribution in [0.1, 0.15) is 43.4 Å². The summed E-state index contributed by atoms with van der Waals surface area (Å²) in [4.78, 5) is 90.4.